The van der Waals surface area contributed by atoms with Crippen molar-refractivity contribution in [2.45, 2.75) is 31.1 Å². The summed E-state index contributed by atoms with van der Waals surface area (Å²) in [4.78, 5) is 0.0731. The molecule has 0 aliphatic heterocycles. The molecule has 7 heteroatoms. The number of nitrogen functional groups attached to an aromatic ring is 1. The average Bonchev–Trinajstić information content (AvgIpc) is 2.29. The van der Waals surface area contributed by atoms with Crippen molar-refractivity contribution >= 4 is 43.2 Å². The molecule has 0 aromatic heterocycles. The number of unbranched alkanes of at least 4 members (excludes halogenated alkanes) is 2. The first-order valence-electron chi connectivity index (χ1n) is 5.62. The quantitative estimate of drug-likeness (QED) is 0.608. The Balaban J connectivity index is 2.91. The molecule has 1 aromatic rings. The Morgan fingerprint density at radius 3 is 2.67 bits per heavy atom. The van der Waals surface area contributed by atoms with Gasteiger partial charge in [0.2, 0.25) is 10.0 Å². The highest BCUT2D eigenvalue weighted by molar-refractivity contribution is 9.10. The molecule has 0 heterocycles. The molecule has 0 fully saturated rings. The predicted octanol–water partition coefficient (Wildman–Crippen LogP) is 3.15. The van der Waals surface area contributed by atoms with Crippen LogP contribution in [0.25, 0.3) is 0 Å². The second-order valence-electron chi connectivity index (χ2n) is 3.91. The van der Waals surface area contributed by atoms with Gasteiger partial charge in [-0.05, 0) is 34.5 Å². The van der Waals surface area contributed by atoms with Crippen LogP contribution < -0.4 is 10.5 Å². The van der Waals surface area contributed by atoms with Crippen LogP contribution >= 0.6 is 27.5 Å². The Hall–Kier alpha value is -0.300. The summed E-state index contributed by atoms with van der Waals surface area (Å²) >= 11 is 8.99. The van der Waals surface area contributed by atoms with E-state index in [0.29, 0.717) is 21.7 Å². The largest absolute Gasteiger partial charge is 0.398 e. The summed E-state index contributed by atoms with van der Waals surface area (Å²) in [6, 6.07) is 2.88. The van der Waals surface area contributed by atoms with E-state index in [9.17, 15) is 8.42 Å². The van der Waals surface area contributed by atoms with Crippen molar-refractivity contribution in [1.29, 1.82) is 0 Å². The molecule has 0 amide bonds. The van der Waals surface area contributed by atoms with Crippen LogP contribution in [0.1, 0.15) is 26.2 Å². The van der Waals surface area contributed by atoms with Crippen LogP contribution in [0.2, 0.25) is 5.02 Å². The molecule has 18 heavy (non-hydrogen) atoms. The van der Waals surface area contributed by atoms with Gasteiger partial charge in [-0.1, -0.05) is 31.4 Å². The lowest BCUT2D eigenvalue weighted by atomic mass is 10.3. The number of nitrogens with two attached hydrogens (primary N) is 1. The van der Waals surface area contributed by atoms with Gasteiger partial charge in [-0.3, -0.25) is 0 Å². The van der Waals surface area contributed by atoms with Crippen LogP contribution in [-0.2, 0) is 10.0 Å². The Kier molecular flexibility index (Phi) is 5.91. The van der Waals surface area contributed by atoms with Crippen molar-refractivity contribution in [2.24, 2.45) is 0 Å². The van der Waals surface area contributed by atoms with Gasteiger partial charge in [-0.25, -0.2) is 13.1 Å². The summed E-state index contributed by atoms with van der Waals surface area (Å²) in [5.74, 6) is 0. The first-order valence-corrected chi connectivity index (χ1v) is 8.28. The van der Waals surface area contributed by atoms with E-state index in [1.54, 1.807) is 0 Å². The molecule has 0 atom stereocenters. The minimum Gasteiger partial charge on any atom is -0.398 e. The topological polar surface area (TPSA) is 72.2 Å². The zero-order valence-corrected chi connectivity index (χ0v) is 13.2. The fourth-order valence-corrected chi connectivity index (χ4v) is 3.80. The maximum atomic E-state index is 12.1. The number of hydrogen-bond acceptors (Lipinski definition) is 3. The number of rotatable bonds is 6. The molecule has 0 radical (unpaired) electrons. The maximum Gasteiger partial charge on any atom is 0.241 e. The first kappa shape index (κ1) is 15.8. The molecule has 4 nitrogen and oxygen atoms in total. The van der Waals surface area contributed by atoms with Crippen LogP contribution in [0.3, 0.4) is 0 Å². The third-order valence-electron chi connectivity index (χ3n) is 2.39. The van der Waals surface area contributed by atoms with Gasteiger partial charge in [-0.15, -0.1) is 0 Å². The monoisotopic (exact) mass is 354 g/mol. The Labute approximate surface area is 121 Å². The van der Waals surface area contributed by atoms with E-state index in [1.807, 2.05) is 0 Å². The lowest BCUT2D eigenvalue weighted by molar-refractivity contribution is 0.575. The van der Waals surface area contributed by atoms with Crippen LogP contribution in [0.4, 0.5) is 5.69 Å². The smallest absolute Gasteiger partial charge is 0.241 e. The molecule has 0 bridgehead atoms. The highest BCUT2D eigenvalue weighted by Gasteiger charge is 2.19. The lowest BCUT2D eigenvalue weighted by Gasteiger charge is -2.10. The second kappa shape index (κ2) is 6.75. The third kappa shape index (κ3) is 4.12. The van der Waals surface area contributed by atoms with E-state index >= 15 is 0 Å². The Bertz CT molecular complexity index is 520. The molecule has 3 N–H and O–H groups in total. The molecule has 1 aromatic carbocycles. The number of anilines is 1. The van der Waals surface area contributed by atoms with Gasteiger partial charge in [-0.2, -0.15) is 0 Å². The van der Waals surface area contributed by atoms with Crippen LogP contribution in [-0.4, -0.2) is 15.0 Å². The molecule has 0 unspecified atom stereocenters. The second-order valence-corrected chi connectivity index (χ2v) is 6.88. The summed E-state index contributed by atoms with van der Waals surface area (Å²) in [6.45, 7) is 2.47. The zero-order chi connectivity index (χ0) is 13.8. The van der Waals surface area contributed by atoms with Gasteiger partial charge >= 0.3 is 0 Å². The van der Waals surface area contributed by atoms with E-state index in [4.69, 9.17) is 17.3 Å². The molecule has 0 spiro atoms. The third-order valence-corrected chi connectivity index (χ3v) is 5.24. The Morgan fingerprint density at radius 1 is 1.39 bits per heavy atom. The highest BCUT2D eigenvalue weighted by atomic mass is 79.9. The van der Waals surface area contributed by atoms with E-state index in [-0.39, 0.29) is 4.90 Å². The maximum absolute atomic E-state index is 12.1. The fourth-order valence-electron chi connectivity index (χ4n) is 1.44. The molecule has 0 saturated carbocycles. The predicted molar refractivity (Wildman–Crippen MR) is 78.3 cm³/mol. The van der Waals surface area contributed by atoms with E-state index in [1.165, 1.54) is 12.1 Å². The number of sulfonamides is 1. The summed E-state index contributed by atoms with van der Waals surface area (Å²) in [7, 11) is -3.58. The molecule has 0 aliphatic rings. The lowest BCUT2D eigenvalue weighted by Crippen LogP contribution is -2.25. The summed E-state index contributed by atoms with van der Waals surface area (Å²) in [5.41, 5.74) is 5.97. The Morgan fingerprint density at radius 2 is 2.06 bits per heavy atom. The van der Waals surface area contributed by atoms with Crippen molar-refractivity contribution in [2.75, 3.05) is 12.3 Å². The van der Waals surface area contributed by atoms with E-state index in [0.717, 1.165) is 19.3 Å². The molecular weight excluding hydrogens is 340 g/mol. The van der Waals surface area contributed by atoms with Crippen LogP contribution in [0.5, 0.6) is 0 Å². The van der Waals surface area contributed by atoms with Gasteiger partial charge < -0.3 is 5.73 Å². The first-order chi connectivity index (χ1) is 8.38. The van der Waals surface area contributed by atoms with Gasteiger partial charge in [0.15, 0.2) is 0 Å². The zero-order valence-electron chi connectivity index (χ0n) is 10.0. The van der Waals surface area contributed by atoms with Crippen molar-refractivity contribution in [3.05, 3.63) is 21.6 Å². The normalized spacial score (nSPS) is 11.7. The van der Waals surface area contributed by atoms with Crippen molar-refractivity contribution in [1.82, 2.24) is 4.72 Å². The highest BCUT2D eigenvalue weighted by Crippen LogP contribution is 2.31. The van der Waals surface area contributed by atoms with E-state index < -0.39 is 10.0 Å². The number of hydrogen-bond donors (Lipinski definition) is 2. The standard InChI is InChI=1S/C11H16BrClN2O2S/c1-2-3-4-5-15-18(16,17)10-7-8(13)6-9(14)11(10)12/h6-7,15H,2-5,14H2,1H3. The summed E-state index contributed by atoms with van der Waals surface area (Å²) in [5, 5.41) is 0.296. The minimum atomic E-state index is -3.58. The number of halogens is 2. The number of nitrogens with one attached hydrogen (secondary N) is 1. The van der Waals surface area contributed by atoms with Crippen molar-refractivity contribution in [3.8, 4) is 0 Å². The van der Waals surface area contributed by atoms with E-state index in [2.05, 4.69) is 27.6 Å². The molecule has 0 aliphatic carbocycles. The van der Waals surface area contributed by atoms with Crippen molar-refractivity contribution < 1.29 is 8.42 Å². The molecule has 1 rings (SSSR count). The van der Waals surface area contributed by atoms with Gasteiger partial charge in [0, 0.05) is 17.3 Å². The molecule has 0 saturated heterocycles. The molecular formula is C11H16BrClN2O2S. The summed E-state index contributed by atoms with van der Waals surface area (Å²) < 4.78 is 27.0. The minimum absolute atomic E-state index is 0.0731. The molecule has 102 valence electrons. The van der Waals surface area contributed by atoms with Gasteiger partial charge in [0.25, 0.3) is 0 Å². The van der Waals surface area contributed by atoms with Gasteiger partial charge in [0.05, 0.1) is 9.37 Å². The van der Waals surface area contributed by atoms with Crippen molar-refractivity contribution in [3.63, 3.8) is 0 Å². The average molecular weight is 356 g/mol. The van der Waals surface area contributed by atoms with Gasteiger partial charge in [0.1, 0.15) is 0 Å². The summed E-state index contributed by atoms with van der Waals surface area (Å²) in [6.07, 6.45) is 2.83. The van der Waals surface area contributed by atoms with Crippen LogP contribution in [0.15, 0.2) is 21.5 Å². The fraction of sp³-hybridized carbons (Fsp3) is 0.455. The SMILES string of the molecule is CCCCCNS(=O)(=O)c1cc(Cl)cc(N)c1Br. The number of benzene rings is 1. The van der Waals surface area contributed by atoms with Crippen LogP contribution in [0, 0.1) is 0 Å².